The topological polar surface area (TPSA) is 69.4 Å². The Labute approximate surface area is 114 Å². The number of nitrogens with two attached hydrogens (primary N) is 1. The van der Waals surface area contributed by atoms with Gasteiger partial charge in [-0.2, -0.15) is 0 Å². The lowest BCUT2D eigenvalue weighted by atomic mass is 10.0. The predicted molar refractivity (Wildman–Crippen MR) is 76.9 cm³/mol. The van der Waals surface area contributed by atoms with Crippen molar-refractivity contribution in [3.63, 3.8) is 0 Å². The fraction of sp³-hybridized carbons (Fsp3) is 0.571. The summed E-state index contributed by atoms with van der Waals surface area (Å²) in [6.07, 6.45) is 4.80. The van der Waals surface area contributed by atoms with Crippen LogP contribution in [0.25, 0.3) is 0 Å². The van der Waals surface area contributed by atoms with Gasteiger partial charge in [-0.1, -0.05) is 25.3 Å². The summed E-state index contributed by atoms with van der Waals surface area (Å²) in [5, 5.41) is -0.176. The van der Waals surface area contributed by atoms with Gasteiger partial charge in [0, 0.05) is 0 Å². The van der Waals surface area contributed by atoms with E-state index in [-0.39, 0.29) is 11.0 Å². The first-order valence-electron chi connectivity index (χ1n) is 6.67. The molecule has 0 aromatic heterocycles. The van der Waals surface area contributed by atoms with Gasteiger partial charge in [-0.25, -0.2) is 8.42 Å². The molecule has 106 valence electrons. The molecule has 4 nitrogen and oxygen atoms in total. The Morgan fingerprint density at radius 1 is 1.26 bits per heavy atom. The number of hydrogen-bond acceptors (Lipinski definition) is 4. The van der Waals surface area contributed by atoms with E-state index in [1.807, 2.05) is 0 Å². The zero-order valence-electron chi connectivity index (χ0n) is 11.3. The SMILES string of the molecule is COc1ccc(CS(=O)(=O)C2CCCCC2)cc1N. The Morgan fingerprint density at radius 2 is 1.95 bits per heavy atom. The van der Waals surface area contributed by atoms with Gasteiger partial charge >= 0.3 is 0 Å². The zero-order chi connectivity index (χ0) is 13.9. The highest BCUT2D eigenvalue weighted by Crippen LogP contribution is 2.28. The molecule has 0 unspecified atom stereocenters. The average molecular weight is 283 g/mol. The second-order valence-electron chi connectivity index (χ2n) is 5.14. The van der Waals surface area contributed by atoms with Crippen LogP contribution in [0.2, 0.25) is 0 Å². The van der Waals surface area contributed by atoms with E-state index in [1.165, 1.54) is 0 Å². The first-order chi connectivity index (χ1) is 9.03. The minimum atomic E-state index is -3.07. The average Bonchev–Trinajstić information content (AvgIpc) is 2.39. The summed E-state index contributed by atoms with van der Waals surface area (Å²) in [5.41, 5.74) is 7.03. The van der Waals surface area contributed by atoms with E-state index >= 15 is 0 Å². The standard InChI is InChI=1S/C14H21NO3S/c1-18-14-8-7-11(9-13(14)15)10-19(16,17)12-5-3-2-4-6-12/h7-9,12H,2-6,10,15H2,1H3. The minimum Gasteiger partial charge on any atom is -0.495 e. The van der Waals surface area contributed by atoms with Crippen LogP contribution in [0.1, 0.15) is 37.7 Å². The maximum atomic E-state index is 12.3. The number of anilines is 1. The monoisotopic (exact) mass is 283 g/mol. The number of methoxy groups -OCH3 is 1. The molecule has 5 heteroatoms. The number of rotatable bonds is 4. The Bertz CT molecular complexity index is 534. The van der Waals surface area contributed by atoms with Crippen LogP contribution in [0, 0.1) is 0 Å². The maximum absolute atomic E-state index is 12.3. The molecular weight excluding hydrogens is 262 g/mol. The van der Waals surface area contributed by atoms with Crippen molar-refractivity contribution >= 4 is 15.5 Å². The molecule has 1 aliphatic rings. The van der Waals surface area contributed by atoms with Crippen LogP contribution in [0.15, 0.2) is 18.2 Å². The first-order valence-corrected chi connectivity index (χ1v) is 8.38. The summed E-state index contributed by atoms with van der Waals surface area (Å²) >= 11 is 0. The van der Waals surface area contributed by atoms with Crippen molar-refractivity contribution in [3.8, 4) is 5.75 Å². The number of nitrogen functional groups attached to an aromatic ring is 1. The van der Waals surface area contributed by atoms with Crippen LogP contribution in [-0.2, 0) is 15.6 Å². The third kappa shape index (κ3) is 3.41. The molecule has 19 heavy (non-hydrogen) atoms. The molecule has 0 bridgehead atoms. The molecule has 0 radical (unpaired) electrons. The first kappa shape index (κ1) is 14.2. The zero-order valence-corrected chi connectivity index (χ0v) is 12.1. The Hall–Kier alpha value is -1.23. The molecule has 1 saturated carbocycles. The van der Waals surface area contributed by atoms with E-state index in [1.54, 1.807) is 25.3 Å². The lowest BCUT2D eigenvalue weighted by molar-refractivity contribution is 0.417. The molecule has 0 heterocycles. The molecule has 2 N–H and O–H groups in total. The van der Waals surface area contributed by atoms with E-state index in [2.05, 4.69) is 0 Å². The van der Waals surface area contributed by atoms with Gasteiger partial charge in [0.05, 0.1) is 23.8 Å². The van der Waals surface area contributed by atoms with E-state index < -0.39 is 9.84 Å². The Balaban J connectivity index is 2.13. The smallest absolute Gasteiger partial charge is 0.157 e. The molecular formula is C14H21NO3S. The molecule has 1 aromatic carbocycles. The molecule has 1 fully saturated rings. The number of benzene rings is 1. The molecule has 0 amide bonds. The molecule has 0 atom stereocenters. The third-order valence-electron chi connectivity index (χ3n) is 3.72. The largest absolute Gasteiger partial charge is 0.495 e. The van der Waals surface area contributed by atoms with Gasteiger partial charge in [0.15, 0.2) is 9.84 Å². The van der Waals surface area contributed by atoms with E-state index in [0.717, 1.165) is 37.7 Å². The van der Waals surface area contributed by atoms with Crippen molar-refractivity contribution in [2.45, 2.75) is 43.1 Å². The summed E-state index contributed by atoms with van der Waals surface area (Å²) in [5.74, 6) is 0.657. The minimum absolute atomic E-state index is 0.0753. The van der Waals surface area contributed by atoms with Crippen LogP contribution >= 0.6 is 0 Å². The van der Waals surface area contributed by atoms with Crippen LogP contribution in [0.4, 0.5) is 5.69 Å². The van der Waals surface area contributed by atoms with Crippen molar-refractivity contribution in [1.29, 1.82) is 0 Å². The van der Waals surface area contributed by atoms with E-state index in [4.69, 9.17) is 10.5 Å². The van der Waals surface area contributed by atoms with E-state index in [9.17, 15) is 8.42 Å². The van der Waals surface area contributed by atoms with Gasteiger partial charge in [0.1, 0.15) is 5.75 Å². The molecule has 0 aliphatic heterocycles. The van der Waals surface area contributed by atoms with Crippen molar-refractivity contribution in [1.82, 2.24) is 0 Å². The van der Waals surface area contributed by atoms with Gasteiger partial charge < -0.3 is 10.5 Å². The Morgan fingerprint density at radius 3 is 2.53 bits per heavy atom. The summed E-state index contributed by atoms with van der Waals surface area (Å²) in [4.78, 5) is 0. The summed E-state index contributed by atoms with van der Waals surface area (Å²) in [6, 6.07) is 5.19. The van der Waals surface area contributed by atoms with Crippen molar-refractivity contribution in [2.24, 2.45) is 0 Å². The highest BCUT2D eigenvalue weighted by atomic mass is 32.2. The normalized spacial score (nSPS) is 17.3. The fourth-order valence-electron chi connectivity index (χ4n) is 2.65. The van der Waals surface area contributed by atoms with Crippen molar-refractivity contribution in [3.05, 3.63) is 23.8 Å². The van der Waals surface area contributed by atoms with Crippen molar-refractivity contribution in [2.75, 3.05) is 12.8 Å². The lowest BCUT2D eigenvalue weighted by Crippen LogP contribution is -2.25. The highest BCUT2D eigenvalue weighted by molar-refractivity contribution is 7.91. The molecule has 0 saturated heterocycles. The van der Waals surface area contributed by atoms with E-state index in [0.29, 0.717) is 11.4 Å². The number of sulfone groups is 1. The number of ether oxygens (including phenoxy) is 1. The van der Waals surface area contributed by atoms with Crippen molar-refractivity contribution < 1.29 is 13.2 Å². The van der Waals surface area contributed by atoms with Crippen LogP contribution in [0.5, 0.6) is 5.75 Å². The van der Waals surface area contributed by atoms with Crippen LogP contribution in [-0.4, -0.2) is 20.8 Å². The highest BCUT2D eigenvalue weighted by Gasteiger charge is 2.27. The maximum Gasteiger partial charge on any atom is 0.157 e. The Kier molecular flexibility index (Phi) is 4.34. The van der Waals surface area contributed by atoms with Crippen LogP contribution < -0.4 is 10.5 Å². The predicted octanol–water partition coefficient (Wildman–Crippen LogP) is 2.52. The second-order valence-corrected chi connectivity index (χ2v) is 7.42. The second kappa shape index (κ2) is 5.82. The number of hydrogen-bond donors (Lipinski definition) is 1. The van der Waals surface area contributed by atoms with Gasteiger partial charge in [0.2, 0.25) is 0 Å². The third-order valence-corrected chi connectivity index (χ3v) is 5.94. The summed E-state index contributed by atoms with van der Waals surface area (Å²) < 4.78 is 29.8. The quantitative estimate of drug-likeness (QED) is 0.862. The molecule has 2 rings (SSSR count). The fourth-order valence-corrected chi connectivity index (χ4v) is 4.58. The molecule has 0 spiro atoms. The van der Waals surface area contributed by atoms with Crippen LogP contribution in [0.3, 0.4) is 0 Å². The molecule has 1 aliphatic carbocycles. The summed E-state index contributed by atoms with van der Waals surface area (Å²) in [7, 11) is -1.52. The lowest BCUT2D eigenvalue weighted by Gasteiger charge is -2.21. The van der Waals surface area contributed by atoms with Gasteiger partial charge in [0.25, 0.3) is 0 Å². The van der Waals surface area contributed by atoms with Gasteiger partial charge in [-0.05, 0) is 30.5 Å². The van der Waals surface area contributed by atoms with Gasteiger partial charge in [-0.3, -0.25) is 0 Å². The summed E-state index contributed by atoms with van der Waals surface area (Å²) in [6.45, 7) is 0. The molecule has 1 aromatic rings. The van der Waals surface area contributed by atoms with Gasteiger partial charge in [-0.15, -0.1) is 0 Å².